The first-order valence-electron chi connectivity index (χ1n) is 19.4. The number of rotatable bonds is 4. The molecule has 0 aliphatic heterocycles. The molecule has 0 radical (unpaired) electrons. The average Bonchev–Trinajstić information content (AvgIpc) is 3.81. The minimum absolute atomic E-state index is 0.0142. The molecule has 0 spiro atoms. The summed E-state index contributed by atoms with van der Waals surface area (Å²) in [4.78, 5) is 11.9. The smallest absolute Gasteiger partial charge is 0.155 e. The molecule has 2 atom stereocenters. The fourth-order valence-corrected chi connectivity index (χ4v) is 10.5. The van der Waals surface area contributed by atoms with Crippen LogP contribution in [0, 0.1) is 11.3 Å². The minimum atomic E-state index is 0.0142. The number of fused-ring (bicyclic) bond motifs is 9. The molecule has 2 unspecified atom stereocenters. The summed E-state index contributed by atoms with van der Waals surface area (Å²) in [5.74, 6) is 0.769. The molecule has 0 N–H and O–H groups in total. The normalized spacial score (nSPS) is 19.1. The Morgan fingerprint density at radius 3 is 2.48 bits per heavy atom. The molecule has 0 amide bonds. The molecule has 6 aromatic carbocycles. The molecule has 0 bridgehead atoms. The van der Waals surface area contributed by atoms with Gasteiger partial charge in [-0.25, -0.2) is 4.99 Å². The monoisotopic (exact) mass is 738 g/mol. The Labute approximate surface area is 330 Å². The van der Waals surface area contributed by atoms with E-state index in [1.807, 2.05) is 18.4 Å². The molecule has 2 aromatic heterocycles. The van der Waals surface area contributed by atoms with Crippen molar-refractivity contribution >= 4 is 77.8 Å². The SMILES string of the molecule is C/N=C(\N=C(/c1ccc2ccccc2c1)C1C=Cc2ccccc2C1)c1cccc2oc3cccc(-c4cccc5c6c(sc45)C=C4C=CC=CC4(C)C6)c3c12. The number of hydrogen-bond acceptors (Lipinski definition) is 3. The van der Waals surface area contributed by atoms with Crippen molar-refractivity contribution in [2.75, 3.05) is 7.05 Å². The van der Waals surface area contributed by atoms with Gasteiger partial charge >= 0.3 is 0 Å². The minimum Gasteiger partial charge on any atom is -0.456 e. The van der Waals surface area contributed by atoms with Crippen LogP contribution in [0.4, 0.5) is 0 Å². The molecule has 268 valence electrons. The molecule has 3 aliphatic carbocycles. The van der Waals surface area contributed by atoms with Gasteiger partial charge in [-0.1, -0.05) is 147 Å². The van der Waals surface area contributed by atoms with E-state index in [-0.39, 0.29) is 11.3 Å². The van der Waals surface area contributed by atoms with Crippen LogP contribution >= 0.6 is 11.3 Å². The highest BCUT2D eigenvalue weighted by Crippen LogP contribution is 2.50. The van der Waals surface area contributed by atoms with Crippen LogP contribution in [-0.4, -0.2) is 18.6 Å². The summed E-state index contributed by atoms with van der Waals surface area (Å²) in [6.07, 6.45) is 17.8. The number of amidine groups is 1. The Hall–Kier alpha value is -6.36. The van der Waals surface area contributed by atoms with Crippen LogP contribution in [0.3, 0.4) is 0 Å². The molecule has 2 heterocycles. The summed E-state index contributed by atoms with van der Waals surface area (Å²) in [7, 11) is 1.86. The lowest BCUT2D eigenvalue weighted by molar-refractivity contribution is 0.520. The Balaban J connectivity index is 1.10. The molecule has 3 aliphatic rings. The zero-order valence-electron chi connectivity index (χ0n) is 31.3. The molecule has 0 saturated carbocycles. The van der Waals surface area contributed by atoms with Gasteiger partial charge in [0.2, 0.25) is 0 Å². The second-order valence-corrected chi connectivity index (χ2v) is 16.5. The summed E-state index contributed by atoms with van der Waals surface area (Å²) in [6.45, 7) is 2.36. The molecule has 0 saturated heterocycles. The molecule has 8 aromatic rings. The van der Waals surface area contributed by atoms with E-state index in [9.17, 15) is 0 Å². The fourth-order valence-electron chi connectivity index (χ4n) is 9.22. The summed E-state index contributed by atoms with van der Waals surface area (Å²) >= 11 is 1.91. The lowest BCUT2D eigenvalue weighted by Gasteiger charge is -2.33. The molecular formula is C52H38N2OS. The summed E-state index contributed by atoms with van der Waals surface area (Å²) in [5.41, 5.74) is 12.6. The van der Waals surface area contributed by atoms with Crippen molar-refractivity contribution in [2.45, 2.75) is 19.8 Å². The van der Waals surface area contributed by atoms with Crippen LogP contribution in [-0.2, 0) is 12.8 Å². The molecule has 4 heteroatoms. The third-order valence-electron chi connectivity index (χ3n) is 12.1. The highest BCUT2D eigenvalue weighted by Gasteiger charge is 2.33. The van der Waals surface area contributed by atoms with Gasteiger partial charge in [0.1, 0.15) is 11.2 Å². The fraction of sp³-hybridized carbons (Fsp3) is 0.115. The van der Waals surface area contributed by atoms with Gasteiger partial charge in [-0.3, -0.25) is 4.99 Å². The number of nitrogens with zero attached hydrogens (tertiary/aromatic N) is 2. The van der Waals surface area contributed by atoms with E-state index in [4.69, 9.17) is 14.4 Å². The van der Waals surface area contributed by atoms with E-state index in [1.54, 1.807) is 0 Å². The Kier molecular flexibility index (Phi) is 7.58. The van der Waals surface area contributed by atoms with Crippen molar-refractivity contribution < 1.29 is 4.42 Å². The van der Waals surface area contributed by atoms with Gasteiger partial charge in [0, 0.05) is 49.9 Å². The Bertz CT molecular complexity index is 3130. The van der Waals surface area contributed by atoms with E-state index in [0.29, 0.717) is 5.84 Å². The highest BCUT2D eigenvalue weighted by atomic mass is 32.1. The Morgan fingerprint density at radius 2 is 1.57 bits per heavy atom. The van der Waals surface area contributed by atoms with Gasteiger partial charge in [-0.2, -0.15) is 0 Å². The van der Waals surface area contributed by atoms with E-state index in [0.717, 1.165) is 57.2 Å². The van der Waals surface area contributed by atoms with Crippen molar-refractivity contribution in [3.05, 3.63) is 190 Å². The van der Waals surface area contributed by atoms with Crippen molar-refractivity contribution in [1.82, 2.24) is 0 Å². The van der Waals surface area contributed by atoms with Crippen molar-refractivity contribution in [3.8, 4) is 11.1 Å². The molecule has 0 fully saturated rings. The van der Waals surface area contributed by atoms with Gasteiger partial charge in [-0.15, -0.1) is 11.3 Å². The van der Waals surface area contributed by atoms with Gasteiger partial charge in [-0.05, 0) is 86.7 Å². The lowest BCUT2D eigenvalue weighted by Crippen LogP contribution is -2.23. The first-order valence-corrected chi connectivity index (χ1v) is 20.2. The van der Waals surface area contributed by atoms with E-state index in [1.165, 1.54) is 53.6 Å². The lowest BCUT2D eigenvalue weighted by atomic mass is 9.71. The molecule has 56 heavy (non-hydrogen) atoms. The summed E-state index contributed by atoms with van der Waals surface area (Å²) in [6, 6.07) is 43.5. The second-order valence-electron chi connectivity index (χ2n) is 15.5. The van der Waals surface area contributed by atoms with E-state index in [2.05, 4.69) is 171 Å². The van der Waals surface area contributed by atoms with Crippen LogP contribution in [0.25, 0.3) is 66.1 Å². The number of furan rings is 1. The van der Waals surface area contributed by atoms with Gasteiger partial charge in [0.25, 0.3) is 0 Å². The topological polar surface area (TPSA) is 37.9 Å². The summed E-state index contributed by atoms with van der Waals surface area (Å²) < 4.78 is 7.99. The van der Waals surface area contributed by atoms with E-state index < -0.39 is 0 Å². The average molecular weight is 739 g/mol. The quantitative estimate of drug-likeness (QED) is 0.131. The molecule has 3 nitrogen and oxygen atoms in total. The zero-order chi connectivity index (χ0) is 37.4. The maximum atomic E-state index is 6.68. The van der Waals surface area contributed by atoms with Gasteiger partial charge in [0.05, 0.1) is 5.71 Å². The van der Waals surface area contributed by atoms with Crippen LogP contribution < -0.4 is 0 Å². The number of aliphatic imine (C=N–C) groups is 2. The first kappa shape index (κ1) is 33.0. The number of allylic oxidation sites excluding steroid dienone is 6. The zero-order valence-corrected chi connectivity index (χ0v) is 32.1. The third kappa shape index (κ3) is 5.24. The van der Waals surface area contributed by atoms with Crippen LogP contribution in [0.15, 0.2) is 172 Å². The second kappa shape index (κ2) is 12.9. The number of benzene rings is 6. The van der Waals surface area contributed by atoms with Crippen LogP contribution in [0.5, 0.6) is 0 Å². The number of thiophene rings is 1. The highest BCUT2D eigenvalue weighted by molar-refractivity contribution is 7.20. The molecule has 11 rings (SSSR count). The summed E-state index contributed by atoms with van der Waals surface area (Å²) in [5, 5.41) is 5.89. The van der Waals surface area contributed by atoms with Crippen molar-refractivity contribution in [3.63, 3.8) is 0 Å². The predicted molar refractivity (Wildman–Crippen MR) is 238 cm³/mol. The standard InChI is InChI=1S/C52H38N2OS/c1-52-27-8-7-16-38(52)30-46-43(31-52)41-19-9-18-40(50(41)56-46)39-17-10-21-44-47(39)48-42(20-11-22-45(48)55-44)51(53-2)54-49(36-25-23-32-12-3-5-14-34(32)28-36)37-26-24-33-13-4-6-15-35(33)29-37/h3-28,30,37H,29,31H2,1-2H3/b53-51-,54-49+. The number of hydrogen-bond donors (Lipinski definition) is 0. The van der Waals surface area contributed by atoms with Gasteiger partial charge in [0.15, 0.2) is 5.84 Å². The third-order valence-corrected chi connectivity index (χ3v) is 13.3. The van der Waals surface area contributed by atoms with Crippen LogP contribution in [0.1, 0.15) is 39.6 Å². The van der Waals surface area contributed by atoms with Crippen molar-refractivity contribution in [1.29, 1.82) is 0 Å². The maximum absolute atomic E-state index is 6.68. The predicted octanol–water partition coefficient (Wildman–Crippen LogP) is 13.4. The maximum Gasteiger partial charge on any atom is 0.155 e. The van der Waals surface area contributed by atoms with Crippen molar-refractivity contribution in [2.24, 2.45) is 21.3 Å². The molecular weight excluding hydrogens is 701 g/mol. The largest absolute Gasteiger partial charge is 0.456 e. The van der Waals surface area contributed by atoms with E-state index >= 15 is 0 Å². The van der Waals surface area contributed by atoms with Gasteiger partial charge < -0.3 is 4.42 Å². The Morgan fingerprint density at radius 1 is 0.768 bits per heavy atom. The first-order chi connectivity index (χ1) is 27.5. The van der Waals surface area contributed by atoms with Crippen LogP contribution in [0.2, 0.25) is 0 Å².